The van der Waals surface area contributed by atoms with E-state index in [9.17, 15) is 14.7 Å². The Hall–Kier alpha value is -4.74. The van der Waals surface area contributed by atoms with Gasteiger partial charge in [0.1, 0.15) is 5.69 Å². The zero-order valence-electron chi connectivity index (χ0n) is 29.5. The molecule has 52 heavy (non-hydrogen) atoms. The molecule has 3 N–H and O–H groups in total. The van der Waals surface area contributed by atoms with E-state index in [0.717, 1.165) is 58.5 Å². The van der Waals surface area contributed by atoms with E-state index in [2.05, 4.69) is 17.6 Å². The molecular formula is C42H45N3O6S. The number of rotatable bonds is 15. The van der Waals surface area contributed by atoms with Crippen molar-refractivity contribution in [2.45, 2.75) is 69.9 Å². The third-order valence-corrected chi connectivity index (χ3v) is 10.00. The molecule has 0 saturated carbocycles. The fraction of sp³-hybridized carbons (Fsp3) is 0.310. The van der Waals surface area contributed by atoms with Crippen molar-refractivity contribution in [3.8, 4) is 22.6 Å². The fourth-order valence-corrected chi connectivity index (χ4v) is 7.23. The monoisotopic (exact) mass is 719 g/mol. The first-order valence-electron chi connectivity index (χ1n) is 17.8. The predicted octanol–water partition coefficient (Wildman–Crippen LogP) is 8.72. The Balaban J connectivity index is 1.19. The summed E-state index contributed by atoms with van der Waals surface area (Å²) in [6.45, 7) is 4.21. The number of ether oxygens (including phenoxy) is 2. The third-order valence-electron chi connectivity index (χ3n) is 9.08. The van der Waals surface area contributed by atoms with Crippen LogP contribution in [0.1, 0.15) is 68.6 Å². The first kappa shape index (κ1) is 37.0. The lowest BCUT2D eigenvalue weighted by molar-refractivity contribution is -0.268. The molecule has 2 amide bonds. The van der Waals surface area contributed by atoms with Crippen molar-refractivity contribution >= 4 is 29.3 Å². The van der Waals surface area contributed by atoms with E-state index in [1.807, 2.05) is 109 Å². The number of thioether (sulfide) groups is 1. The molecule has 10 heteroatoms. The highest BCUT2D eigenvalue weighted by atomic mass is 32.2. The van der Waals surface area contributed by atoms with Crippen molar-refractivity contribution < 1.29 is 28.6 Å². The van der Waals surface area contributed by atoms with Crippen LogP contribution in [0.15, 0.2) is 119 Å². The quantitative estimate of drug-likeness (QED) is 0.0726. The molecule has 0 bridgehead atoms. The minimum atomic E-state index is -0.695. The average molecular weight is 720 g/mol. The lowest BCUT2D eigenvalue weighted by atomic mass is 9.91. The molecule has 1 aromatic heterocycles. The maximum Gasteiger partial charge on any atom is 0.256 e. The summed E-state index contributed by atoms with van der Waals surface area (Å²) in [7, 11) is 0. The van der Waals surface area contributed by atoms with Crippen LogP contribution in [0.25, 0.3) is 22.6 Å². The number of aliphatic hydroxyl groups is 1. The lowest BCUT2D eigenvalue weighted by Gasteiger charge is -2.41. The number of aromatic nitrogens is 1. The highest BCUT2D eigenvalue weighted by molar-refractivity contribution is 7.99. The third kappa shape index (κ3) is 9.77. The predicted molar refractivity (Wildman–Crippen MR) is 203 cm³/mol. The minimum absolute atomic E-state index is 0.0330. The van der Waals surface area contributed by atoms with Crippen LogP contribution >= 0.6 is 11.8 Å². The van der Waals surface area contributed by atoms with Crippen LogP contribution in [0, 0.1) is 5.92 Å². The number of unbranched alkanes of at least 4 members (excludes halogenated alkanes) is 2. The van der Waals surface area contributed by atoms with Crippen LogP contribution in [0.3, 0.4) is 0 Å². The number of hydrogen-bond acceptors (Lipinski definition) is 8. The van der Waals surface area contributed by atoms with Crippen molar-refractivity contribution in [2.75, 3.05) is 17.6 Å². The SMILES string of the molecule is CC(=O)NCCCCCC(=O)Nc1cccc([C@@H]2O[C@H](CSc3nc(-c4ccccc4)c(-c4ccccc4)o3)[C@H](C)[C@H](c3ccc(CO)cc3)O2)c1. The summed E-state index contributed by atoms with van der Waals surface area (Å²) in [4.78, 5) is 28.8. The smallest absolute Gasteiger partial charge is 0.256 e. The van der Waals surface area contributed by atoms with Crippen molar-refractivity contribution in [3.05, 3.63) is 126 Å². The minimum Gasteiger partial charge on any atom is -0.431 e. The van der Waals surface area contributed by atoms with Crippen LogP contribution in [0.2, 0.25) is 0 Å². The first-order valence-corrected chi connectivity index (χ1v) is 18.8. The molecule has 6 rings (SSSR count). The largest absolute Gasteiger partial charge is 0.431 e. The molecule has 9 nitrogen and oxygen atoms in total. The Bertz CT molecular complexity index is 1840. The summed E-state index contributed by atoms with van der Waals surface area (Å²) >= 11 is 1.51. The van der Waals surface area contributed by atoms with Crippen LogP contribution in [0.4, 0.5) is 5.69 Å². The standard InChI is InChI=1S/C42H45N3O6S/c1-28-36(27-52-42-45-38(31-13-6-3-7-14-31)40(51-42)32-15-8-4-9-16-32)49-41(50-39(28)33-22-20-30(26-46)21-23-33)34-17-12-18-35(25-34)44-37(48)19-10-5-11-24-43-29(2)47/h3-4,6-9,12-18,20-23,25,28,36,39,41,46H,5,10-11,19,24,26-27H2,1-2H3,(H,43,47)(H,44,48)/t28-,36+,39+,41+/m0/s1. The van der Waals surface area contributed by atoms with Crippen molar-refractivity contribution in [1.82, 2.24) is 10.3 Å². The molecule has 0 aliphatic carbocycles. The molecule has 0 radical (unpaired) electrons. The summed E-state index contributed by atoms with van der Waals surface area (Å²) in [6, 6.07) is 35.5. The molecule has 4 atom stereocenters. The van der Waals surface area contributed by atoms with E-state index in [1.54, 1.807) is 0 Å². The second-order valence-electron chi connectivity index (χ2n) is 13.0. The molecule has 270 valence electrons. The normalized spacial score (nSPS) is 18.5. The highest BCUT2D eigenvalue weighted by Gasteiger charge is 2.39. The number of anilines is 1. The second kappa shape index (κ2) is 18.1. The number of oxazole rings is 1. The van der Waals surface area contributed by atoms with E-state index in [0.29, 0.717) is 29.6 Å². The van der Waals surface area contributed by atoms with Crippen LogP contribution < -0.4 is 10.6 Å². The number of nitrogens with one attached hydrogen (secondary N) is 2. The van der Waals surface area contributed by atoms with Gasteiger partial charge in [-0.15, -0.1) is 0 Å². The zero-order valence-corrected chi connectivity index (χ0v) is 30.3. The van der Waals surface area contributed by atoms with Crippen molar-refractivity contribution in [3.63, 3.8) is 0 Å². The van der Waals surface area contributed by atoms with Gasteiger partial charge in [-0.3, -0.25) is 9.59 Å². The highest BCUT2D eigenvalue weighted by Crippen LogP contribution is 2.44. The molecule has 0 spiro atoms. The molecular weight excluding hydrogens is 675 g/mol. The number of aliphatic hydroxyl groups excluding tert-OH is 1. The summed E-state index contributed by atoms with van der Waals surface area (Å²) < 4.78 is 19.8. The lowest BCUT2D eigenvalue weighted by Crippen LogP contribution is -2.38. The second-order valence-corrected chi connectivity index (χ2v) is 14.0. The van der Waals surface area contributed by atoms with Gasteiger partial charge in [0.2, 0.25) is 11.8 Å². The van der Waals surface area contributed by atoms with E-state index < -0.39 is 6.29 Å². The Morgan fingerprint density at radius 1 is 0.827 bits per heavy atom. The van der Waals surface area contributed by atoms with Gasteiger partial charge >= 0.3 is 0 Å². The van der Waals surface area contributed by atoms with Gasteiger partial charge in [-0.1, -0.05) is 122 Å². The van der Waals surface area contributed by atoms with Crippen LogP contribution in [0.5, 0.6) is 0 Å². The maximum atomic E-state index is 12.8. The number of hydrogen-bond donors (Lipinski definition) is 3. The topological polar surface area (TPSA) is 123 Å². The maximum absolute atomic E-state index is 12.8. The number of carbonyl (C=O) groups is 2. The van der Waals surface area contributed by atoms with Crippen molar-refractivity contribution in [2.24, 2.45) is 5.92 Å². The molecule has 5 aromatic rings. The molecule has 0 unspecified atom stereocenters. The summed E-state index contributed by atoms with van der Waals surface area (Å²) in [5.74, 6) is 1.14. The Morgan fingerprint density at radius 2 is 1.56 bits per heavy atom. The van der Waals surface area contributed by atoms with E-state index in [4.69, 9.17) is 18.9 Å². The Labute approximate surface area is 309 Å². The van der Waals surface area contributed by atoms with Gasteiger partial charge in [0.25, 0.3) is 5.22 Å². The average Bonchev–Trinajstić information content (AvgIpc) is 3.61. The van der Waals surface area contributed by atoms with Crippen LogP contribution in [-0.4, -0.2) is 40.3 Å². The number of benzene rings is 4. The van der Waals surface area contributed by atoms with E-state index in [1.165, 1.54) is 18.7 Å². The van der Waals surface area contributed by atoms with Gasteiger partial charge in [-0.05, 0) is 36.1 Å². The van der Waals surface area contributed by atoms with E-state index in [-0.39, 0.29) is 36.5 Å². The fourth-order valence-electron chi connectivity index (χ4n) is 6.24. The van der Waals surface area contributed by atoms with Gasteiger partial charge in [-0.25, -0.2) is 4.98 Å². The molecule has 1 aliphatic rings. The van der Waals surface area contributed by atoms with Crippen LogP contribution in [-0.2, 0) is 25.7 Å². The van der Waals surface area contributed by atoms with Gasteiger partial charge < -0.3 is 29.6 Å². The van der Waals surface area contributed by atoms with Gasteiger partial charge in [0.05, 0.1) is 18.8 Å². The molecule has 1 fully saturated rings. The van der Waals surface area contributed by atoms with Crippen molar-refractivity contribution in [1.29, 1.82) is 0 Å². The first-order chi connectivity index (χ1) is 25.4. The van der Waals surface area contributed by atoms with Gasteiger partial charge in [-0.2, -0.15) is 0 Å². The number of amides is 2. The number of carbonyl (C=O) groups excluding carboxylic acids is 2. The summed E-state index contributed by atoms with van der Waals surface area (Å²) in [5.41, 5.74) is 6.01. The Kier molecular flexibility index (Phi) is 12.9. The van der Waals surface area contributed by atoms with E-state index >= 15 is 0 Å². The van der Waals surface area contributed by atoms with Gasteiger partial charge in [0.15, 0.2) is 12.1 Å². The Morgan fingerprint density at radius 3 is 2.27 bits per heavy atom. The van der Waals surface area contributed by atoms with Gasteiger partial charge in [0, 0.05) is 53.9 Å². The molecule has 2 heterocycles. The number of nitrogens with zero attached hydrogens (tertiary/aromatic N) is 1. The zero-order chi connectivity index (χ0) is 36.3. The molecule has 4 aromatic carbocycles. The molecule has 1 aliphatic heterocycles. The molecule has 1 saturated heterocycles. The summed E-state index contributed by atoms with van der Waals surface area (Å²) in [5, 5.41) is 16.0. The summed E-state index contributed by atoms with van der Waals surface area (Å²) in [6.07, 6.45) is 1.58.